The lowest BCUT2D eigenvalue weighted by Crippen LogP contribution is -2.58. The Balaban J connectivity index is 2.37. The Bertz CT molecular complexity index is 696. The van der Waals surface area contributed by atoms with Gasteiger partial charge in [0.25, 0.3) is 0 Å². The molecule has 7 atom stereocenters. The van der Waals surface area contributed by atoms with Crippen molar-refractivity contribution in [2.24, 2.45) is 0 Å². The highest BCUT2D eigenvalue weighted by Crippen LogP contribution is 2.23. The molecule has 0 aromatic carbocycles. The zero-order valence-electron chi connectivity index (χ0n) is 30.1. The summed E-state index contributed by atoms with van der Waals surface area (Å²) in [7, 11) is 0. The number of unbranched alkanes of at least 4 members (excludes halogenated alkanes) is 22. The summed E-state index contributed by atoms with van der Waals surface area (Å²) >= 11 is 0. The van der Waals surface area contributed by atoms with Gasteiger partial charge in [0.2, 0.25) is 5.91 Å². The van der Waals surface area contributed by atoms with Gasteiger partial charge in [0.15, 0.2) is 6.29 Å². The summed E-state index contributed by atoms with van der Waals surface area (Å²) in [5, 5.41) is 44.5. The smallest absolute Gasteiger partial charge is 0.220 e. The summed E-state index contributed by atoms with van der Waals surface area (Å²) in [6.07, 6.45) is 24.0. The molecule has 5 N–H and O–H groups in total. The van der Waals surface area contributed by atoms with Crippen molar-refractivity contribution >= 4 is 5.91 Å². The molecule has 8 nitrogen and oxygen atoms in total. The summed E-state index contributed by atoms with van der Waals surface area (Å²) < 4.78 is 11.3. The van der Waals surface area contributed by atoms with Crippen LogP contribution in [0.4, 0.5) is 0 Å². The number of hydrogen-bond acceptors (Lipinski definition) is 7. The lowest BCUT2D eigenvalue weighted by Gasteiger charge is -2.39. The number of nitrogens with one attached hydrogen (secondary N) is 1. The Morgan fingerprint density at radius 1 is 0.630 bits per heavy atom. The fraction of sp³-hybridized carbons (Fsp3) is 0.974. The van der Waals surface area contributed by atoms with Crippen molar-refractivity contribution in [2.75, 3.05) is 6.61 Å². The number of rotatable bonds is 31. The summed E-state index contributed by atoms with van der Waals surface area (Å²) in [4.78, 5) is 12.8. The Kier molecular flexibility index (Phi) is 27.4. The number of aliphatic hydroxyl groups is 4. The van der Waals surface area contributed by atoms with Crippen LogP contribution >= 0.6 is 0 Å². The largest absolute Gasteiger partial charge is 0.391 e. The van der Waals surface area contributed by atoms with Crippen molar-refractivity contribution in [1.29, 1.82) is 0 Å². The van der Waals surface area contributed by atoms with Gasteiger partial charge in [-0.1, -0.05) is 162 Å². The predicted octanol–water partition coefficient (Wildman–Crippen LogP) is 7.86. The lowest BCUT2D eigenvalue weighted by atomic mass is 10.00. The van der Waals surface area contributed by atoms with Gasteiger partial charge in [-0.2, -0.15) is 0 Å². The third kappa shape index (κ3) is 21.3. The molecule has 8 heteroatoms. The van der Waals surface area contributed by atoms with E-state index in [0.717, 1.165) is 38.5 Å². The van der Waals surface area contributed by atoms with Crippen LogP contribution in [0.15, 0.2) is 0 Å². The third-order valence-corrected chi connectivity index (χ3v) is 9.67. The van der Waals surface area contributed by atoms with Gasteiger partial charge in [-0.05, 0) is 19.8 Å². The number of carbonyl (C=O) groups is 1. The molecule has 1 amide bonds. The van der Waals surface area contributed by atoms with E-state index in [2.05, 4.69) is 19.2 Å². The second-order valence-electron chi connectivity index (χ2n) is 14.1. The van der Waals surface area contributed by atoms with Crippen LogP contribution in [-0.2, 0) is 14.3 Å². The molecule has 1 fully saturated rings. The normalized spacial score (nSPS) is 23.0. The minimum Gasteiger partial charge on any atom is -0.391 e. The summed E-state index contributed by atoms with van der Waals surface area (Å²) in [5.74, 6) is -0.108. The topological polar surface area (TPSA) is 128 Å². The Morgan fingerprint density at radius 3 is 1.50 bits per heavy atom. The van der Waals surface area contributed by atoms with Crippen LogP contribution in [0.25, 0.3) is 0 Å². The van der Waals surface area contributed by atoms with Crippen LogP contribution in [0, 0.1) is 0 Å². The highest BCUT2D eigenvalue weighted by molar-refractivity contribution is 5.76. The highest BCUT2D eigenvalue weighted by Gasteiger charge is 2.42. The molecule has 0 aromatic rings. The molecule has 0 radical (unpaired) electrons. The first-order valence-corrected chi connectivity index (χ1v) is 19.6. The summed E-state index contributed by atoms with van der Waals surface area (Å²) in [6.45, 7) is 6.05. The maximum absolute atomic E-state index is 12.8. The number of amides is 1. The SMILES string of the molecule is CCCCCCCCCCCCCCC[C@@H](O)[C@@H](CO[C@H]1O[C@H](C)[C@H](O)[C@H](O)[C@H]1O)NC(=O)CCCCCCCCCCCCC. The summed E-state index contributed by atoms with van der Waals surface area (Å²) in [5.41, 5.74) is 0. The molecular formula is C38H75NO7. The first kappa shape index (κ1) is 43.3. The van der Waals surface area contributed by atoms with Crippen molar-refractivity contribution in [1.82, 2.24) is 5.32 Å². The molecule has 46 heavy (non-hydrogen) atoms. The van der Waals surface area contributed by atoms with Crippen molar-refractivity contribution in [3.8, 4) is 0 Å². The van der Waals surface area contributed by atoms with E-state index in [1.54, 1.807) is 6.92 Å². The van der Waals surface area contributed by atoms with E-state index in [1.807, 2.05) is 0 Å². The fourth-order valence-corrected chi connectivity index (χ4v) is 6.40. The van der Waals surface area contributed by atoms with Gasteiger partial charge in [-0.25, -0.2) is 0 Å². The molecule has 1 heterocycles. The van der Waals surface area contributed by atoms with Gasteiger partial charge in [0.05, 0.1) is 24.9 Å². The molecule has 274 valence electrons. The van der Waals surface area contributed by atoms with Crippen LogP contribution in [0.2, 0.25) is 0 Å². The minimum atomic E-state index is -1.42. The molecule has 0 unspecified atom stereocenters. The van der Waals surface area contributed by atoms with Crippen molar-refractivity contribution in [2.45, 2.75) is 231 Å². The first-order chi connectivity index (χ1) is 22.3. The van der Waals surface area contributed by atoms with Crippen molar-refractivity contribution in [3.63, 3.8) is 0 Å². The lowest BCUT2D eigenvalue weighted by molar-refractivity contribution is -0.295. The molecule has 0 aromatic heterocycles. The molecule has 0 bridgehead atoms. The number of ether oxygens (including phenoxy) is 2. The van der Waals surface area contributed by atoms with Gasteiger partial charge < -0.3 is 35.2 Å². The Labute approximate surface area is 282 Å². The van der Waals surface area contributed by atoms with E-state index in [4.69, 9.17) is 9.47 Å². The van der Waals surface area contributed by atoms with E-state index in [0.29, 0.717) is 12.8 Å². The van der Waals surface area contributed by atoms with E-state index >= 15 is 0 Å². The predicted molar refractivity (Wildman–Crippen MR) is 188 cm³/mol. The zero-order chi connectivity index (χ0) is 33.8. The van der Waals surface area contributed by atoms with Crippen LogP contribution in [0.5, 0.6) is 0 Å². The second-order valence-corrected chi connectivity index (χ2v) is 14.1. The van der Waals surface area contributed by atoms with Gasteiger partial charge in [-0.15, -0.1) is 0 Å². The number of aliphatic hydroxyl groups excluding tert-OH is 4. The molecule has 1 aliphatic heterocycles. The van der Waals surface area contributed by atoms with E-state index in [9.17, 15) is 25.2 Å². The maximum atomic E-state index is 12.8. The van der Waals surface area contributed by atoms with Crippen LogP contribution in [0.1, 0.15) is 188 Å². The van der Waals surface area contributed by atoms with E-state index < -0.39 is 42.9 Å². The molecule has 1 rings (SSSR count). The zero-order valence-corrected chi connectivity index (χ0v) is 30.1. The molecule has 0 saturated carbocycles. The van der Waals surface area contributed by atoms with Gasteiger partial charge in [0.1, 0.15) is 18.3 Å². The maximum Gasteiger partial charge on any atom is 0.220 e. The highest BCUT2D eigenvalue weighted by atomic mass is 16.7. The average molecular weight is 658 g/mol. The quantitative estimate of drug-likeness (QED) is 0.0480. The second kappa shape index (κ2) is 29.2. The van der Waals surface area contributed by atoms with Gasteiger partial charge in [-0.3, -0.25) is 4.79 Å². The fourth-order valence-electron chi connectivity index (χ4n) is 6.40. The molecule has 0 aliphatic carbocycles. The van der Waals surface area contributed by atoms with Gasteiger partial charge >= 0.3 is 0 Å². The average Bonchev–Trinajstić information content (AvgIpc) is 3.05. The van der Waals surface area contributed by atoms with Crippen LogP contribution < -0.4 is 5.32 Å². The standard InChI is InChI=1S/C38H75NO7/c1-4-6-8-10-12-14-16-17-19-20-22-24-26-28-33(40)32(30-45-38-37(44)36(43)35(42)31(3)46-38)39-34(41)29-27-25-23-21-18-15-13-11-9-7-5-2/h31-33,35-38,40,42-44H,4-30H2,1-3H3,(H,39,41)/t31-,32-,33-,35+,36+,37-,38+/m1/s1. The molecule has 0 spiro atoms. The van der Waals surface area contributed by atoms with Crippen molar-refractivity contribution < 1.29 is 34.7 Å². The van der Waals surface area contributed by atoms with Crippen molar-refractivity contribution in [3.05, 3.63) is 0 Å². The van der Waals surface area contributed by atoms with Gasteiger partial charge in [0, 0.05) is 6.42 Å². The third-order valence-electron chi connectivity index (χ3n) is 9.67. The molecule has 1 saturated heterocycles. The Morgan fingerprint density at radius 2 is 1.04 bits per heavy atom. The molecule has 1 aliphatic rings. The monoisotopic (exact) mass is 658 g/mol. The van der Waals surface area contributed by atoms with Crippen LogP contribution in [-0.4, -0.2) is 75.8 Å². The summed E-state index contributed by atoms with van der Waals surface area (Å²) in [6, 6.07) is -0.646. The number of hydrogen-bond donors (Lipinski definition) is 5. The first-order valence-electron chi connectivity index (χ1n) is 19.6. The Hall–Kier alpha value is -0.770. The van der Waals surface area contributed by atoms with E-state index in [-0.39, 0.29) is 12.5 Å². The van der Waals surface area contributed by atoms with Crippen LogP contribution in [0.3, 0.4) is 0 Å². The number of carbonyl (C=O) groups excluding carboxylic acids is 1. The van der Waals surface area contributed by atoms with E-state index in [1.165, 1.54) is 116 Å². The minimum absolute atomic E-state index is 0.0547. The molecular weight excluding hydrogens is 582 g/mol.